The lowest BCUT2D eigenvalue weighted by atomic mass is 9.94. The highest BCUT2D eigenvalue weighted by Gasteiger charge is 2.34. The monoisotopic (exact) mass is 312 g/mol. The van der Waals surface area contributed by atoms with E-state index in [0.717, 1.165) is 30.7 Å². The number of rotatable bonds is 5. The Kier molecular flexibility index (Phi) is 6.99. The van der Waals surface area contributed by atoms with Crippen LogP contribution in [0.15, 0.2) is 24.3 Å². The summed E-state index contributed by atoms with van der Waals surface area (Å²) in [6.45, 7) is 3.30. The van der Waals surface area contributed by atoms with Crippen molar-refractivity contribution in [2.75, 3.05) is 25.1 Å². The Morgan fingerprint density at radius 2 is 2.00 bits per heavy atom. The number of amides is 1. The van der Waals surface area contributed by atoms with Gasteiger partial charge in [-0.15, -0.1) is 12.4 Å². The standard InChI is InChI=1S/C16H24N2O2.ClH/c1-3-18(13-7-9-14(20-2)10-8-13)16(19)15-6-4-5-12(15)11-17;/h7-10,12,15H,3-6,11,17H2,1-2H3;1H/t12-,15-;/m1./s1. The summed E-state index contributed by atoms with van der Waals surface area (Å²) in [6, 6.07) is 7.65. The second-order valence-electron chi connectivity index (χ2n) is 5.31. The molecule has 0 unspecified atom stereocenters. The number of methoxy groups -OCH3 is 1. The highest BCUT2D eigenvalue weighted by atomic mass is 35.5. The summed E-state index contributed by atoms with van der Waals surface area (Å²) in [5.41, 5.74) is 6.72. The summed E-state index contributed by atoms with van der Waals surface area (Å²) in [4.78, 5) is 14.6. The molecule has 0 spiro atoms. The number of carbonyl (C=O) groups is 1. The van der Waals surface area contributed by atoms with E-state index in [9.17, 15) is 4.79 Å². The molecule has 118 valence electrons. The molecule has 2 rings (SSSR count). The second-order valence-corrected chi connectivity index (χ2v) is 5.31. The first-order chi connectivity index (χ1) is 9.71. The van der Waals surface area contributed by atoms with Crippen molar-refractivity contribution in [3.05, 3.63) is 24.3 Å². The Hall–Kier alpha value is -1.26. The van der Waals surface area contributed by atoms with Gasteiger partial charge in [-0.05, 0) is 56.5 Å². The molecule has 1 aliphatic rings. The molecule has 1 fully saturated rings. The van der Waals surface area contributed by atoms with Crippen molar-refractivity contribution >= 4 is 24.0 Å². The smallest absolute Gasteiger partial charge is 0.230 e. The highest BCUT2D eigenvalue weighted by molar-refractivity contribution is 5.95. The molecule has 4 nitrogen and oxygen atoms in total. The van der Waals surface area contributed by atoms with Gasteiger partial charge in [0.1, 0.15) is 5.75 Å². The number of nitrogens with zero attached hydrogens (tertiary/aromatic N) is 1. The normalized spacial score (nSPS) is 20.7. The summed E-state index contributed by atoms with van der Waals surface area (Å²) >= 11 is 0. The van der Waals surface area contributed by atoms with Crippen LogP contribution in [0.1, 0.15) is 26.2 Å². The van der Waals surface area contributed by atoms with Gasteiger partial charge in [-0.25, -0.2) is 0 Å². The van der Waals surface area contributed by atoms with E-state index in [2.05, 4.69) is 0 Å². The van der Waals surface area contributed by atoms with Gasteiger partial charge in [0, 0.05) is 18.2 Å². The van der Waals surface area contributed by atoms with Crippen LogP contribution in [0, 0.1) is 11.8 Å². The predicted molar refractivity (Wildman–Crippen MR) is 88.2 cm³/mol. The van der Waals surface area contributed by atoms with Crippen molar-refractivity contribution in [2.24, 2.45) is 17.6 Å². The van der Waals surface area contributed by atoms with E-state index in [4.69, 9.17) is 10.5 Å². The maximum Gasteiger partial charge on any atom is 0.230 e. The maximum absolute atomic E-state index is 12.7. The number of carbonyl (C=O) groups excluding carboxylic acids is 1. The summed E-state index contributed by atoms with van der Waals surface area (Å²) < 4.78 is 5.16. The Morgan fingerprint density at radius 3 is 2.52 bits per heavy atom. The van der Waals surface area contributed by atoms with E-state index < -0.39 is 0 Å². The average molecular weight is 313 g/mol. The number of hydrogen-bond acceptors (Lipinski definition) is 3. The molecule has 0 aromatic heterocycles. The quantitative estimate of drug-likeness (QED) is 0.909. The van der Waals surface area contributed by atoms with Crippen LogP contribution in [0.3, 0.4) is 0 Å². The van der Waals surface area contributed by atoms with Gasteiger partial charge in [-0.1, -0.05) is 6.42 Å². The van der Waals surface area contributed by atoms with Crippen molar-refractivity contribution in [2.45, 2.75) is 26.2 Å². The Labute approximate surface area is 133 Å². The average Bonchev–Trinajstić information content (AvgIpc) is 2.97. The molecular formula is C16H25ClN2O2. The van der Waals surface area contributed by atoms with Gasteiger partial charge >= 0.3 is 0 Å². The molecule has 0 aliphatic heterocycles. The number of nitrogens with two attached hydrogens (primary N) is 1. The molecule has 1 aromatic rings. The molecule has 0 bridgehead atoms. The lowest BCUT2D eigenvalue weighted by Gasteiger charge is -2.27. The molecule has 5 heteroatoms. The molecule has 0 heterocycles. The minimum absolute atomic E-state index is 0. The molecule has 1 saturated carbocycles. The predicted octanol–water partition coefficient (Wildman–Crippen LogP) is 2.84. The van der Waals surface area contributed by atoms with E-state index in [1.807, 2.05) is 36.1 Å². The molecule has 0 radical (unpaired) electrons. The molecule has 1 amide bonds. The van der Waals surface area contributed by atoms with Gasteiger partial charge < -0.3 is 15.4 Å². The van der Waals surface area contributed by atoms with Crippen molar-refractivity contribution in [1.82, 2.24) is 0 Å². The van der Waals surface area contributed by atoms with Crippen molar-refractivity contribution < 1.29 is 9.53 Å². The highest BCUT2D eigenvalue weighted by Crippen LogP contribution is 2.33. The molecule has 21 heavy (non-hydrogen) atoms. The lowest BCUT2D eigenvalue weighted by Crippen LogP contribution is -2.39. The topological polar surface area (TPSA) is 55.6 Å². The van der Waals surface area contributed by atoms with Crippen LogP contribution < -0.4 is 15.4 Å². The molecule has 0 saturated heterocycles. The van der Waals surface area contributed by atoms with Crippen LogP contribution in [0.2, 0.25) is 0 Å². The Bertz CT molecular complexity index is 450. The largest absolute Gasteiger partial charge is 0.497 e. The van der Waals surface area contributed by atoms with E-state index in [1.165, 1.54) is 0 Å². The fourth-order valence-electron chi connectivity index (χ4n) is 3.07. The van der Waals surface area contributed by atoms with Crippen LogP contribution in [-0.2, 0) is 4.79 Å². The van der Waals surface area contributed by atoms with Crippen molar-refractivity contribution in [1.29, 1.82) is 0 Å². The number of ether oxygens (including phenoxy) is 1. The van der Waals surface area contributed by atoms with Gasteiger partial charge in [0.2, 0.25) is 5.91 Å². The first-order valence-electron chi connectivity index (χ1n) is 7.36. The van der Waals surface area contributed by atoms with Crippen LogP contribution in [0.4, 0.5) is 5.69 Å². The van der Waals surface area contributed by atoms with Gasteiger partial charge in [-0.3, -0.25) is 4.79 Å². The molecule has 1 aromatic carbocycles. The van der Waals surface area contributed by atoms with Crippen LogP contribution >= 0.6 is 12.4 Å². The summed E-state index contributed by atoms with van der Waals surface area (Å²) in [5.74, 6) is 1.44. The third-order valence-corrected chi connectivity index (χ3v) is 4.25. The number of anilines is 1. The van der Waals surface area contributed by atoms with Crippen LogP contribution in [0.25, 0.3) is 0 Å². The van der Waals surface area contributed by atoms with E-state index in [-0.39, 0.29) is 24.2 Å². The van der Waals surface area contributed by atoms with E-state index >= 15 is 0 Å². The minimum Gasteiger partial charge on any atom is -0.497 e. The summed E-state index contributed by atoms with van der Waals surface area (Å²) in [5, 5.41) is 0. The zero-order valence-electron chi connectivity index (χ0n) is 12.7. The summed E-state index contributed by atoms with van der Waals surface area (Å²) in [6.07, 6.45) is 3.15. The fraction of sp³-hybridized carbons (Fsp3) is 0.562. The third-order valence-electron chi connectivity index (χ3n) is 4.25. The van der Waals surface area contributed by atoms with Crippen molar-refractivity contribution in [3.8, 4) is 5.75 Å². The third kappa shape index (κ3) is 3.89. The first-order valence-corrected chi connectivity index (χ1v) is 7.36. The van der Waals surface area contributed by atoms with Crippen LogP contribution in [-0.4, -0.2) is 26.1 Å². The maximum atomic E-state index is 12.7. The van der Waals surface area contributed by atoms with Crippen LogP contribution in [0.5, 0.6) is 5.75 Å². The van der Waals surface area contributed by atoms with Gasteiger partial charge in [-0.2, -0.15) is 0 Å². The zero-order valence-corrected chi connectivity index (χ0v) is 13.6. The minimum atomic E-state index is 0. The Balaban J connectivity index is 0.00000220. The molecule has 1 aliphatic carbocycles. The molecule has 2 atom stereocenters. The Morgan fingerprint density at radius 1 is 1.33 bits per heavy atom. The molecule has 2 N–H and O–H groups in total. The van der Waals surface area contributed by atoms with Gasteiger partial charge in [0.05, 0.1) is 7.11 Å². The number of hydrogen-bond donors (Lipinski definition) is 1. The second kappa shape index (κ2) is 8.25. The van der Waals surface area contributed by atoms with Gasteiger partial charge in [0.25, 0.3) is 0 Å². The van der Waals surface area contributed by atoms with E-state index in [0.29, 0.717) is 19.0 Å². The van der Waals surface area contributed by atoms with Crippen molar-refractivity contribution in [3.63, 3.8) is 0 Å². The first kappa shape index (κ1) is 17.8. The lowest BCUT2D eigenvalue weighted by molar-refractivity contribution is -0.123. The zero-order chi connectivity index (χ0) is 14.5. The number of benzene rings is 1. The summed E-state index contributed by atoms with van der Waals surface area (Å²) in [7, 11) is 1.64. The molecular weight excluding hydrogens is 288 g/mol. The number of halogens is 1. The fourth-order valence-corrected chi connectivity index (χ4v) is 3.07. The SMILES string of the molecule is CCN(C(=O)[C@@H]1CCC[C@@H]1CN)c1ccc(OC)cc1.Cl. The van der Waals surface area contributed by atoms with E-state index in [1.54, 1.807) is 7.11 Å². The van der Waals surface area contributed by atoms with Gasteiger partial charge in [0.15, 0.2) is 0 Å².